The van der Waals surface area contributed by atoms with Gasteiger partial charge >= 0.3 is 5.97 Å². The predicted molar refractivity (Wildman–Crippen MR) is 123 cm³/mol. The highest BCUT2D eigenvalue weighted by Crippen LogP contribution is 2.33. The Morgan fingerprint density at radius 1 is 1.03 bits per heavy atom. The Kier molecular flexibility index (Phi) is 7.44. The van der Waals surface area contributed by atoms with Gasteiger partial charge in [-0.05, 0) is 48.9 Å². The van der Waals surface area contributed by atoms with E-state index in [1.54, 1.807) is 31.2 Å². The lowest BCUT2D eigenvalue weighted by atomic mass is 9.96. The summed E-state index contributed by atoms with van der Waals surface area (Å²) < 4.78 is 5.41. The van der Waals surface area contributed by atoms with Crippen molar-refractivity contribution in [1.82, 2.24) is 10.9 Å². The molecule has 0 bridgehead atoms. The Morgan fingerprint density at radius 3 is 2.44 bits per heavy atom. The van der Waals surface area contributed by atoms with Crippen molar-refractivity contribution in [3.05, 3.63) is 92.5 Å². The molecule has 0 radical (unpaired) electrons. The van der Waals surface area contributed by atoms with Crippen LogP contribution in [0.2, 0.25) is 5.02 Å². The smallest absolute Gasteiger partial charge is 0.335 e. The minimum absolute atomic E-state index is 0.0112. The summed E-state index contributed by atoms with van der Waals surface area (Å²) in [6.07, 6.45) is 0. The molecule has 0 spiro atoms. The normalized spacial score (nSPS) is 10.3. The van der Waals surface area contributed by atoms with Gasteiger partial charge in [0.05, 0.1) is 16.1 Å². The van der Waals surface area contributed by atoms with Gasteiger partial charge in [-0.3, -0.25) is 30.6 Å². The Bertz CT molecular complexity index is 1290. The number of benzene rings is 3. The third-order valence-electron chi connectivity index (χ3n) is 4.71. The number of hydrazine groups is 1. The van der Waals surface area contributed by atoms with Gasteiger partial charge in [0, 0.05) is 22.2 Å². The number of ether oxygens (including phenoxy) is 1. The second kappa shape index (κ2) is 10.5. The number of aryl methyl sites for hydroxylation is 1. The summed E-state index contributed by atoms with van der Waals surface area (Å²) in [5.41, 5.74) is 4.67. The van der Waals surface area contributed by atoms with Crippen LogP contribution in [-0.4, -0.2) is 34.4 Å². The van der Waals surface area contributed by atoms with Crippen molar-refractivity contribution in [1.29, 1.82) is 0 Å². The number of hydrogen-bond donors (Lipinski definition) is 3. The molecule has 0 atom stereocenters. The van der Waals surface area contributed by atoms with E-state index in [2.05, 4.69) is 10.9 Å². The van der Waals surface area contributed by atoms with E-state index in [1.807, 2.05) is 0 Å². The third kappa shape index (κ3) is 5.67. The van der Waals surface area contributed by atoms with Crippen molar-refractivity contribution < 1.29 is 29.2 Å². The van der Waals surface area contributed by atoms with Gasteiger partial charge in [-0.15, -0.1) is 0 Å². The van der Waals surface area contributed by atoms with E-state index in [9.17, 15) is 29.6 Å². The number of nitro groups is 1. The van der Waals surface area contributed by atoms with E-state index >= 15 is 0 Å². The molecule has 0 aromatic heterocycles. The van der Waals surface area contributed by atoms with Crippen LogP contribution in [0.4, 0.5) is 5.69 Å². The summed E-state index contributed by atoms with van der Waals surface area (Å²) in [6.45, 7) is 1.37. The molecule has 11 heteroatoms. The van der Waals surface area contributed by atoms with Gasteiger partial charge in [-0.25, -0.2) is 4.79 Å². The van der Waals surface area contributed by atoms with Crippen LogP contribution in [-0.2, 0) is 4.79 Å². The number of rotatable bonds is 7. The van der Waals surface area contributed by atoms with Crippen LogP contribution in [0.3, 0.4) is 0 Å². The number of amides is 2. The molecule has 3 aromatic rings. The molecule has 0 fully saturated rings. The van der Waals surface area contributed by atoms with Gasteiger partial charge in [0.15, 0.2) is 6.61 Å². The first-order chi connectivity index (χ1) is 16.2. The number of hydrogen-bond acceptors (Lipinski definition) is 6. The monoisotopic (exact) mass is 483 g/mol. The molecule has 3 rings (SSSR count). The number of carboxylic acids is 1. The molecular formula is C23H18ClN3O7. The molecule has 0 aliphatic rings. The molecular weight excluding hydrogens is 466 g/mol. The number of nitrogens with zero attached hydrogens (tertiary/aromatic N) is 1. The third-order valence-corrected chi connectivity index (χ3v) is 4.95. The minimum atomic E-state index is -1.28. The summed E-state index contributed by atoms with van der Waals surface area (Å²) in [7, 11) is 0. The summed E-state index contributed by atoms with van der Waals surface area (Å²) >= 11 is 5.88. The number of nitro benzene ring substituents is 1. The van der Waals surface area contributed by atoms with Crippen LogP contribution in [0.5, 0.6) is 5.75 Å². The first kappa shape index (κ1) is 24.2. The van der Waals surface area contributed by atoms with Crippen molar-refractivity contribution in [2.75, 3.05) is 6.61 Å². The summed E-state index contributed by atoms with van der Waals surface area (Å²) in [4.78, 5) is 47.0. The van der Waals surface area contributed by atoms with E-state index in [0.29, 0.717) is 10.8 Å². The van der Waals surface area contributed by atoms with E-state index in [4.69, 9.17) is 16.3 Å². The SMILES string of the molecule is Cc1cc(Cl)ccc1OCC(=O)NNC(=O)c1ccccc1-c1cc(C(=O)O)ccc1[N+](=O)[O-]. The Hall–Kier alpha value is -4.44. The lowest BCUT2D eigenvalue weighted by Crippen LogP contribution is -2.44. The van der Waals surface area contributed by atoms with Gasteiger partial charge < -0.3 is 9.84 Å². The molecule has 0 aliphatic carbocycles. The van der Waals surface area contributed by atoms with E-state index in [1.165, 1.54) is 18.2 Å². The molecule has 0 unspecified atom stereocenters. The molecule has 10 nitrogen and oxygen atoms in total. The van der Waals surface area contributed by atoms with E-state index in [0.717, 1.165) is 23.8 Å². The quantitative estimate of drug-likeness (QED) is 0.342. The standard InChI is InChI=1S/C23H18ClN3O7/c1-13-10-15(24)7-9-20(13)34-12-21(28)25-26-22(29)17-5-3-2-4-16(17)18-11-14(23(30)31)6-8-19(18)27(32)33/h2-11H,12H2,1H3,(H,25,28)(H,26,29)(H,30,31). The lowest BCUT2D eigenvalue weighted by molar-refractivity contribution is -0.384. The number of aromatic carboxylic acids is 1. The number of carbonyl (C=O) groups excluding carboxylic acids is 2. The molecule has 0 heterocycles. The maximum Gasteiger partial charge on any atom is 0.335 e. The van der Waals surface area contributed by atoms with Gasteiger partial charge in [-0.1, -0.05) is 29.8 Å². The maximum atomic E-state index is 12.7. The van der Waals surface area contributed by atoms with Gasteiger partial charge in [-0.2, -0.15) is 0 Å². The van der Waals surface area contributed by atoms with Crippen LogP contribution < -0.4 is 15.6 Å². The first-order valence-corrected chi connectivity index (χ1v) is 10.1. The van der Waals surface area contributed by atoms with E-state index in [-0.39, 0.29) is 27.9 Å². The zero-order valence-electron chi connectivity index (χ0n) is 17.7. The zero-order chi connectivity index (χ0) is 24.8. The van der Waals surface area contributed by atoms with Gasteiger partial charge in [0.1, 0.15) is 5.75 Å². The van der Waals surface area contributed by atoms with Gasteiger partial charge in [0.25, 0.3) is 17.5 Å². The molecule has 3 N–H and O–H groups in total. The molecule has 0 saturated carbocycles. The molecule has 0 saturated heterocycles. The average Bonchev–Trinajstić information content (AvgIpc) is 2.81. The number of carbonyl (C=O) groups is 3. The fourth-order valence-electron chi connectivity index (χ4n) is 3.11. The lowest BCUT2D eigenvalue weighted by Gasteiger charge is -2.13. The summed E-state index contributed by atoms with van der Waals surface area (Å²) in [5.74, 6) is -2.25. The molecule has 3 aromatic carbocycles. The highest BCUT2D eigenvalue weighted by molar-refractivity contribution is 6.30. The Morgan fingerprint density at radius 2 is 1.76 bits per heavy atom. The highest BCUT2D eigenvalue weighted by Gasteiger charge is 2.22. The largest absolute Gasteiger partial charge is 0.483 e. The molecule has 174 valence electrons. The van der Waals surface area contributed by atoms with Crippen molar-refractivity contribution in [2.45, 2.75) is 6.92 Å². The number of nitrogens with one attached hydrogen (secondary N) is 2. The fourth-order valence-corrected chi connectivity index (χ4v) is 3.33. The topological polar surface area (TPSA) is 148 Å². The number of halogens is 1. The number of carboxylic acid groups (broad SMARTS) is 1. The van der Waals surface area contributed by atoms with E-state index < -0.39 is 29.3 Å². The molecule has 2 amide bonds. The molecule has 34 heavy (non-hydrogen) atoms. The molecule has 0 aliphatic heterocycles. The van der Waals surface area contributed by atoms with Gasteiger partial charge in [0.2, 0.25) is 0 Å². The predicted octanol–water partition coefficient (Wildman–Crippen LogP) is 3.76. The summed E-state index contributed by atoms with van der Waals surface area (Å²) in [5, 5.41) is 21.3. The highest BCUT2D eigenvalue weighted by atomic mass is 35.5. The van der Waals surface area contributed by atoms with Crippen LogP contribution >= 0.6 is 11.6 Å². The van der Waals surface area contributed by atoms with Crippen LogP contribution in [0.25, 0.3) is 11.1 Å². The first-order valence-electron chi connectivity index (χ1n) is 9.76. The Balaban J connectivity index is 1.76. The average molecular weight is 484 g/mol. The maximum absolute atomic E-state index is 12.7. The van der Waals surface area contributed by atoms with Crippen LogP contribution in [0.15, 0.2) is 60.7 Å². The van der Waals surface area contributed by atoms with Crippen LogP contribution in [0, 0.1) is 17.0 Å². The van der Waals surface area contributed by atoms with Crippen molar-refractivity contribution in [3.8, 4) is 16.9 Å². The van der Waals surface area contributed by atoms with Crippen LogP contribution in [0.1, 0.15) is 26.3 Å². The minimum Gasteiger partial charge on any atom is -0.483 e. The second-order valence-corrected chi connectivity index (χ2v) is 7.48. The Labute approximate surface area is 198 Å². The van der Waals surface area contributed by atoms with Crippen molar-refractivity contribution >= 4 is 35.1 Å². The summed E-state index contributed by atoms with van der Waals surface area (Å²) in [6, 6.07) is 14.1. The zero-order valence-corrected chi connectivity index (χ0v) is 18.5. The second-order valence-electron chi connectivity index (χ2n) is 7.04. The van der Waals surface area contributed by atoms with Crippen molar-refractivity contribution in [2.24, 2.45) is 0 Å². The van der Waals surface area contributed by atoms with Crippen molar-refractivity contribution in [3.63, 3.8) is 0 Å². The fraction of sp³-hybridized carbons (Fsp3) is 0.0870.